The van der Waals surface area contributed by atoms with Crippen LogP contribution in [0.1, 0.15) is 49.9 Å². The highest BCUT2D eigenvalue weighted by Crippen LogP contribution is 2.15. The lowest BCUT2D eigenvalue weighted by Crippen LogP contribution is -2.08. The molecule has 0 atom stereocenters. The minimum atomic E-state index is -0.127. The van der Waals surface area contributed by atoms with Gasteiger partial charge >= 0.3 is 0 Å². The van der Waals surface area contributed by atoms with Gasteiger partial charge in [0.15, 0.2) is 5.78 Å². The van der Waals surface area contributed by atoms with Crippen LogP contribution in [0.15, 0.2) is 24.3 Å². The van der Waals surface area contributed by atoms with Crippen LogP contribution >= 0.6 is 0 Å². The van der Waals surface area contributed by atoms with Crippen molar-refractivity contribution in [3.63, 3.8) is 0 Å². The van der Waals surface area contributed by atoms with Gasteiger partial charge in [0.1, 0.15) is 11.5 Å². The predicted molar refractivity (Wildman–Crippen MR) is 71.1 cm³/mol. The van der Waals surface area contributed by atoms with Crippen molar-refractivity contribution in [3.8, 4) is 5.75 Å². The Bertz CT molecular complexity index is 410. The lowest BCUT2D eigenvalue weighted by atomic mass is 10.0. The van der Waals surface area contributed by atoms with Crippen LogP contribution in [0.3, 0.4) is 0 Å². The maximum absolute atomic E-state index is 11.9. The van der Waals surface area contributed by atoms with Crippen LogP contribution in [0.4, 0.5) is 0 Å². The van der Waals surface area contributed by atoms with Crippen molar-refractivity contribution < 1.29 is 14.3 Å². The van der Waals surface area contributed by atoms with E-state index in [1.165, 1.54) is 0 Å². The molecule has 0 unspecified atom stereocenters. The first-order valence-corrected chi connectivity index (χ1v) is 6.45. The van der Waals surface area contributed by atoms with Crippen LogP contribution in [-0.4, -0.2) is 18.2 Å². The standard InChI is InChI=1S/C15H20O3/c1-3-5-8-13(16)11-15(17)12-7-6-9-14(10-12)18-4-2/h6-7,9-10H,3-5,8,11H2,1-2H3. The van der Waals surface area contributed by atoms with Gasteiger partial charge < -0.3 is 4.74 Å². The molecule has 0 aromatic heterocycles. The number of hydrogen-bond donors (Lipinski definition) is 0. The number of Topliss-reactive ketones (excluding diaryl/α,β-unsaturated/α-hetero) is 2. The molecule has 0 fully saturated rings. The third-order valence-electron chi connectivity index (χ3n) is 2.63. The summed E-state index contributed by atoms with van der Waals surface area (Å²) in [5.74, 6) is 0.561. The van der Waals surface area contributed by atoms with Gasteiger partial charge in [0.25, 0.3) is 0 Å². The minimum Gasteiger partial charge on any atom is -0.494 e. The Labute approximate surface area is 108 Å². The number of carbonyl (C=O) groups is 2. The highest BCUT2D eigenvalue weighted by atomic mass is 16.5. The number of ketones is 2. The van der Waals surface area contributed by atoms with Crippen molar-refractivity contribution >= 4 is 11.6 Å². The monoisotopic (exact) mass is 248 g/mol. The maximum Gasteiger partial charge on any atom is 0.170 e. The summed E-state index contributed by atoms with van der Waals surface area (Å²) in [6, 6.07) is 6.99. The molecule has 0 bridgehead atoms. The summed E-state index contributed by atoms with van der Waals surface area (Å²) in [5.41, 5.74) is 0.547. The van der Waals surface area contributed by atoms with Crippen molar-refractivity contribution in [1.29, 1.82) is 0 Å². The second-order valence-corrected chi connectivity index (χ2v) is 4.20. The third-order valence-corrected chi connectivity index (χ3v) is 2.63. The molecule has 0 N–H and O–H groups in total. The zero-order chi connectivity index (χ0) is 13.4. The molecule has 0 amide bonds. The molecule has 0 saturated carbocycles. The van der Waals surface area contributed by atoms with Crippen molar-refractivity contribution in [2.45, 2.75) is 39.5 Å². The van der Waals surface area contributed by atoms with E-state index >= 15 is 0 Å². The number of benzene rings is 1. The van der Waals surface area contributed by atoms with E-state index in [0.29, 0.717) is 24.3 Å². The van der Waals surface area contributed by atoms with Gasteiger partial charge in [0, 0.05) is 12.0 Å². The Morgan fingerprint density at radius 2 is 2.00 bits per heavy atom. The van der Waals surface area contributed by atoms with E-state index in [9.17, 15) is 9.59 Å². The quantitative estimate of drug-likeness (QED) is 0.523. The summed E-state index contributed by atoms with van der Waals surface area (Å²) in [6.45, 7) is 4.48. The van der Waals surface area contributed by atoms with Crippen molar-refractivity contribution in [2.24, 2.45) is 0 Å². The highest BCUT2D eigenvalue weighted by Gasteiger charge is 2.12. The fraction of sp³-hybridized carbons (Fsp3) is 0.467. The molecule has 0 spiro atoms. The van der Waals surface area contributed by atoms with Crippen LogP contribution in [0.2, 0.25) is 0 Å². The van der Waals surface area contributed by atoms with E-state index in [0.717, 1.165) is 12.8 Å². The number of carbonyl (C=O) groups excluding carboxylic acids is 2. The fourth-order valence-electron chi connectivity index (χ4n) is 1.67. The van der Waals surface area contributed by atoms with Gasteiger partial charge in [0.2, 0.25) is 0 Å². The van der Waals surface area contributed by atoms with Gasteiger partial charge in [0.05, 0.1) is 13.0 Å². The van der Waals surface area contributed by atoms with Crippen molar-refractivity contribution in [3.05, 3.63) is 29.8 Å². The highest BCUT2D eigenvalue weighted by molar-refractivity contribution is 6.08. The summed E-state index contributed by atoms with van der Waals surface area (Å²) in [6.07, 6.45) is 2.31. The number of hydrogen-bond acceptors (Lipinski definition) is 3. The predicted octanol–water partition coefficient (Wildman–Crippen LogP) is 3.42. The van der Waals surface area contributed by atoms with E-state index in [4.69, 9.17) is 4.74 Å². The molecule has 0 heterocycles. The molecule has 3 nitrogen and oxygen atoms in total. The van der Waals surface area contributed by atoms with E-state index in [1.807, 2.05) is 13.8 Å². The van der Waals surface area contributed by atoms with Gasteiger partial charge in [-0.25, -0.2) is 0 Å². The van der Waals surface area contributed by atoms with Gasteiger partial charge in [-0.2, -0.15) is 0 Å². The Kier molecular flexibility index (Phi) is 6.12. The molecular weight excluding hydrogens is 228 g/mol. The molecule has 1 rings (SSSR count). The zero-order valence-electron chi connectivity index (χ0n) is 11.1. The van der Waals surface area contributed by atoms with Gasteiger partial charge in [-0.1, -0.05) is 25.5 Å². The normalized spacial score (nSPS) is 10.1. The molecule has 3 heteroatoms. The van der Waals surface area contributed by atoms with E-state index in [1.54, 1.807) is 24.3 Å². The molecule has 0 aliphatic rings. The molecule has 1 aromatic rings. The number of unbranched alkanes of at least 4 members (excludes halogenated alkanes) is 1. The first-order chi connectivity index (χ1) is 8.67. The first kappa shape index (κ1) is 14.4. The molecule has 0 radical (unpaired) electrons. The molecule has 0 aliphatic carbocycles. The van der Waals surface area contributed by atoms with Gasteiger partial charge in [-0.15, -0.1) is 0 Å². The maximum atomic E-state index is 11.9. The van der Waals surface area contributed by atoms with Crippen LogP contribution < -0.4 is 4.74 Å². The van der Waals surface area contributed by atoms with Crippen molar-refractivity contribution in [2.75, 3.05) is 6.61 Å². The first-order valence-electron chi connectivity index (χ1n) is 6.45. The van der Waals surface area contributed by atoms with Crippen LogP contribution in [-0.2, 0) is 4.79 Å². The van der Waals surface area contributed by atoms with Crippen molar-refractivity contribution in [1.82, 2.24) is 0 Å². The summed E-state index contributed by atoms with van der Waals surface area (Å²) in [7, 11) is 0. The molecule has 0 saturated heterocycles. The molecule has 0 aliphatic heterocycles. The topological polar surface area (TPSA) is 43.4 Å². The largest absolute Gasteiger partial charge is 0.494 e. The molecule has 1 aromatic carbocycles. The second-order valence-electron chi connectivity index (χ2n) is 4.20. The number of ether oxygens (including phenoxy) is 1. The van der Waals surface area contributed by atoms with E-state index in [-0.39, 0.29) is 18.0 Å². The Morgan fingerprint density at radius 1 is 1.22 bits per heavy atom. The zero-order valence-corrected chi connectivity index (χ0v) is 11.1. The second kappa shape index (κ2) is 7.64. The van der Waals surface area contributed by atoms with Crippen LogP contribution in [0.25, 0.3) is 0 Å². The Morgan fingerprint density at radius 3 is 2.67 bits per heavy atom. The smallest absolute Gasteiger partial charge is 0.170 e. The lowest BCUT2D eigenvalue weighted by molar-refractivity contribution is -0.118. The summed E-state index contributed by atoms with van der Waals surface area (Å²) in [4.78, 5) is 23.4. The molecular formula is C15H20O3. The Hall–Kier alpha value is -1.64. The summed E-state index contributed by atoms with van der Waals surface area (Å²) >= 11 is 0. The fourth-order valence-corrected chi connectivity index (χ4v) is 1.67. The summed E-state index contributed by atoms with van der Waals surface area (Å²) < 4.78 is 5.33. The summed E-state index contributed by atoms with van der Waals surface area (Å²) in [5, 5.41) is 0. The average molecular weight is 248 g/mol. The molecule has 98 valence electrons. The van der Waals surface area contributed by atoms with Crippen LogP contribution in [0, 0.1) is 0 Å². The van der Waals surface area contributed by atoms with Crippen LogP contribution in [0.5, 0.6) is 5.75 Å². The minimum absolute atomic E-state index is 0.00439. The van der Waals surface area contributed by atoms with Gasteiger partial charge in [-0.3, -0.25) is 9.59 Å². The SMILES string of the molecule is CCCCC(=O)CC(=O)c1cccc(OCC)c1. The average Bonchev–Trinajstić information content (AvgIpc) is 2.37. The van der Waals surface area contributed by atoms with E-state index < -0.39 is 0 Å². The van der Waals surface area contributed by atoms with E-state index in [2.05, 4.69) is 0 Å². The Balaban J connectivity index is 2.60. The molecule has 18 heavy (non-hydrogen) atoms. The number of rotatable bonds is 8. The third kappa shape index (κ3) is 4.70. The van der Waals surface area contributed by atoms with Gasteiger partial charge in [-0.05, 0) is 25.5 Å². The lowest BCUT2D eigenvalue weighted by Gasteiger charge is -2.05.